The molecule has 0 spiro atoms. The van der Waals surface area contributed by atoms with Crippen molar-refractivity contribution in [1.82, 2.24) is 10.6 Å². The molecule has 5 nitrogen and oxygen atoms in total. The van der Waals surface area contributed by atoms with Crippen molar-refractivity contribution < 1.29 is 4.79 Å². The van der Waals surface area contributed by atoms with E-state index in [0.717, 1.165) is 11.3 Å². The highest BCUT2D eigenvalue weighted by Crippen LogP contribution is 2.34. The van der Waals surface area contributed by atoms with Crippen molar-refractivity contribution in [3.05, 3.63) is 40.1 Å². The molecule has 106 valence electrons. The van der Waals surface area contributed by atoms with Gasteiger partial charge < -0.3 is 16.0 Å². The first-order chi connectivity index (χ1) is 9.36. The summed E-state index contributed by atoms with van der Waals surface area (Å²) in [5, 5.41) is 16.8. The number of hydrogen-bond acceptors (Lipinski definition) is 4. The molecule has 6 heteroatoms. The lowest BCUT2D eigenvalue weighted by molar-refractivity contribution is -0.114. The monoisotopic (exact) mass is 336 g/mol. The number of carbonyl (C=O) groups excluding carboxylic acids is 1. The van der Waals surface area contributed by atoms with Gasteiger partial charge in [0.25, 0.3) is 5.91 Å². The summed E-state index contributed by atoms with van der Waals surface area (Å²) in [7, 11) is 1.50. The van der Waals surface area contributed by atoms with Crippen LogP contribution in [0.2, 0.25) is 0 Å². The van der Waals surface area contributed by atoms with Gasteiger partial charge in [-0.2, -0.15) is 0 Å². The maximum atomic E-state index is 11.5. The topological polar surface area (TPSA) is 77.0 Å². The standard InChI is InChI=1S/C14H17BrN4O/c1-14(2)8-6-4-5-7-9(8)18-12(19-14)10(15)11(16)13(20)17-3/h4-7,16,18-19H,1-3H3,(H,17,20)/b12-10-,16-11?. The molecule has 1 aliphatic rings. The zero-order valence-corrected chi connectivity index (χ0v) is 13.2. The van der Waals surface area contributed by atoms with Crippen molar-refractivity contribution in [2.75, 3.05) is 12.4 Å². The lowest BCUT2D eigenvalue weighted by Crippen LogP contribution is -2.44. The molecule has 4 N–H and O–H groups in total. The van der Waals surface area contributed by atoms with Crippen LogP contribution in [0.4, 0.5) is 5.69 Å². The summed E-state index contributed by atoms with van der Waals surface area (Å²) < 4.78 is 0.402. The summed E-state index contributed by atoms with van der Waals surface area (Å²) in [4.78, 5) is 11.5. The zero-order chi connectivity index (χ0) is 14.9. The second-order valence-electron chi connectivity index (χ2n) is 5.06. The molecule has 0 saturated carbocycles. The molecule has 0 atom stereocenters. The fourth-order valence-corrected chi connectivity index (χ4v) is 2.52. The van der Waals surface area contributed by atoms with Gasteiger partial charge in [0.2, 0.25) is 0 Å². The van der Waals surface area contributed by atoms with Gasteiger partial charge in [0.1, 0.15) is 11.5 Å². The fourth-order valence-electron chi connectivity index (χ4n) is 2.14. The predicted octanol–water partition coefficient (Wildman–Crippen LogP) is 2.27. The number of benzene rings is 1. The minimum absolute atomic E-state index is 0.127. The first-order valence-corrected chi connectivity index (χ1v) is 7.01. The van der Waals surface area contributed by atoms with Gasteiger partial charge in [-0.15, -0.1) is 0 Å². The minimum Gasteiger partial charge on any atom is -0.362 e. The Bertz CT molecular complexity index is 607. The number of para-hydroxylation sites is 1. The predicted molar refractivity (Wildman–Crippen MR) is 84.0 cm³/mol. The third kappa shape index (κ3) is 2.56. The van der Waals surface area contributed by atoms with Crippen LogP contribution in [-0.2, 0) is 10.3 Å². The van der Waals surface area contributed by atoms with Crippen LogP contribution in [0, 0.1) is 5.41 Å². The molecule has 20 heavy (non-hydrogen) atoms. The first kappa shape index (κ1) is 14.6. The molecular formula is C14H17BrN4O. The average molecular weight is 337 g/mol. The molecule has 1 aromatic rings. The highest BCUT2D eigenvalue weighted by atomic mass is 79.9. The Balaban J connectivity index is 2.43. The Morgan fingerprint density at radius 2 is 2.00 bits per heavy atom. The third-order valence-electron chi connectivity index (χ3n) is 3.19. The minimum atomic E-state index is -0.440. The van der Waals surface area contributed by atoms with Gasteiger partial charge in [-0.25, -0.2) is 0 Å². The van der Waals surface area contributed by atoms with E-state index in [1.807, 2.05) is 24.3 Å². The van der Waals surface area contributed by atoms with E-state index in [-0.39, 0.29) is 11.3 Å². The van der Waals surface area contributed by atoms with Crippen LogP contribution in [0.3, 0.4) is 0 Å². The number of hydrogen-bond donors (Lipinski definition) is 4. The van der Waals surface area contributed by atoms with Crippen molar-refractivity contribution in [3.8, 4) is 0 Å². The number of carbonyl (C=O) groups is 1. The molecule has 1 amide bonds. The molecule has 1 aliphatic heterocycles. The molecule has 1 aromatic carbocycles. The number of nitrogens with one attached hydrogen (secondary N) is 4. The lowest BCUT2D eigenvalue weighted by atomic mass is 9.90. The van der Waals surface area contributed by atoms with E-state index in [1.54, 1.807) is 0 Å². The average Bonchev–Trinajstić information content (AvgIpc) is 2.44. The lowest BCUT2D eigenvalue weighted by Gasteiger charge is -2.37. The third-order valence-corrected chi connectivity index (χ3v) is 3.98. The van der Waals surface area contributed by atoms with Crippen molar-refractivity contribution in [2.45, 2.75) is 19.4 Å². The van der Waals surface area contributed by atoms with Gasteiger partial charge in [-0.1, -0.05) is 18.2 Å². The highest BCUT2D eigenvalue weighted by molar-refractivity contribution is 9.12. The van der Waals surface area contributed by atoms with Crippen LogP contribution in [0.25, 0.3) is 0 Å². The van der Waals surface area contributed by atoms with Gasteiger partial charge in [0.05, 0.1) is 10.0 Å². The van der Waals surface area contributed by atoms with Gasteiger partial charge in [-0.05, 0) is 35.8 Å². The van der Waals surface area contributed by atoms with E-state index < -0.39 is 5.91 Å². The largest absolute Gasteiger partial charge is 0.362 e. The molecule has 1 heterocycles. The van der Waals surface area contributed by atoms with Gasteiger partial charge in [-0.3, -0.25) is 10.2 Å². The molecule has 0 radical (unpaired) electrons. The van der Waals surface area contributed by atoms with E-state index in [1.165, 1.54) is 7.05 Å². The quantitative estimate of drug-likeness (QED) is 0.625. The maximum Gasteiger partial charge on any atom is 0.270 e. The van der Waals surface area contributed by atoms with Crippen LogP contribution < -0.4 is 16.0 Å². The van der Waals surface area contributed by atoms with Crippen molar-refractivity contribution >= 4 is 33.2 Å². The van der Waals surface area contributed by atoms with E-state index in [0.29, 0.717) is 10.3 Å². The summed E-state index contributed by atoms with van der Waals surface area (Å²) in [6, 6.07) is 7.95. The molecule has 0 aromatic heterocycles. The Morgan fingerprint density at radius 1 is 1.35 bits per heavy atom. The van der Waals surface area contributed by atoms with E-state index in [9.17, 15) is 4.79 Å². The number of rotatable bonds is 2. The van der Waals surface area contributed by atoms with Crippen molar-refractivity contribution in [1.29, 1.82) is 5.41 Å². The van der Waals surface area contributed by atoms with E-state index >= 15 is 0 Å². The normalized spacial score (nSPS) is 18.2. The smallest absolute Gasteiger partial charge is 0.270 e. The van der Waals surface area contributed by atoms with Crippen LogP contribution in [0.15, 0.2) is 34.6 Å². The highest BCUT2D eigenvalue weighted by Gasteiger charge is 2.30. The first-order valence-electron chi connectivity index (χ1n) is 6.22. The number of anilines is 1. The van der Waals surface area contributed by atoms with Crippen LogP contribution in [-0.4, -0.2) is 18.7 Å². The molecule has 0 bridgehead atoms. The molecule has 0 fully saturated rings. The molecule has 0 unspecified atom stereocenters. The summed E-state index contributed by atoms with van der Waals surface area (Å²) >= 11 is 3.32. The summed E-state index contributed by atoms with van der Waals surface area (Å²) in [6.45, 7) is 4.10. The van der Waals surface area contributed by atoms with Gasteiger partial charge >= 0.3 is 0 Å². The van der Waals surface area contributed by atoms with Crippen LogP contribution >= 0.6 is 15.9 Å². The second-order valence-corrected chi connectivity index (χ2v) is 5.86. The number of fused-ring (bicyclic) bond motifs is 1. The van der Waals surface area contributed by atoms with Gasteiger partial charge in [0, 0.05) is 18.3 Å². The molecular weight excluding hydrogens is 320 g/mol. The Hall–Kier alpha value is -1.82. The van der Waals surface area contributed by atoms with E-state index in [4.69, 9.17) is 5.41 Å². The fraction of sp³-hybridized carbons (Fsp3) is 0.286. The summed E-state index contributed by atoms with van der Waals surface area (Å²) in [5.74, 6) is 0.173. The van der Waals surface area contributed by atoms with Crippen molar-refractivity contribution in [2.24, 2.45) is 0 Å². The van der Waals surface area contributed by atoms with E-state index in [2.05, 4.69) is 45.7 Å². The van der Waals surface area contributed by atoms with Crippen LogP contribution in [0.1, 0.15) is 19.4 Å². The summed E-state index contributed by atoms with van der Waals surface area (Å²) in [6.07, 6.45) is 0. The summed E-state index contributed by atoms with van der Waals surface area (Å²) in [5.41, 5.74) is 1.68. The number of halogens is 1. The molecule has 0 saturated heterocycles. The Labute approximate surface area is 126 Å². The molecule has 0 aliphatic carbocycles. The number of amides is 1. The van der Waals surface area contributed by atoms with Crippen LogP contribution in [0.5, 0.6) is 0 Å². The van der Waals surface area contributed by atoms with Crippen molar-refractivity contribution in [3.63, 3.8) is 0 Å². The van der Waals surface area contributed by atoms with Gasteiger partial charge in [0.15, 0.2) is 0 Å². The molecule has 2 rings (SSSR count). The Kier molecular flexibility index (Phi) is 3.85. The SMILES string of the molecule is CNC(=O)C(=N)/C(Br)=C1\Nc2ccccc2C(C)(C)N1. The second kappa shape index (κ2) is 5.28. The zero-order valence-electron chi connectivity index (χ0n) is 11.6. The maximum absolute atomic E-state index is 11.5. The Morgan fingerprint density at radius 3 is 2.65 bits per heavy atom.